The van der Waals surface area contributed by atoms with Gasteiger partial charge in [0.25, 0.3) is 0 Å². The standard InChI is InChI=1S/C15H9BrO4/c16-9-3-6-12-11(7-9)13(18)14(19)15(20-12)8-1-4-10(17)5-2-8/h1-7,17,19H. The maximum Gasteiger partial charge on any atom is 0.235 e. The molecule has 0 spiro atoms. The Morgan fingerprint density at radius 2 is 1.70 bits per heavy atom. The molecule has 1 aromatic heterocycles. The lowest BCUT2D eigenvalue weighted by Gasteiger charge is -2.06. The molecule has 100 valence electrons. The Hall–Kier alpha value is -2.27. The second kappa shape index (κ2) is 4.68. The molecule has 5 heteroatoms. The van der Waals surface area contributed by atoms with E-state index < -0.39 is 11.2 Å². The Morgan fingerprint density at radius 3 is 2.40 bits per heavy atom. The zero-order valence-corrected chi connectivity index (χ0v) is 11.7. The maximum absolute atomic E-state index is 12.2. The van der Waals surface area contributed by atoms with Crippen LogP contribution in [0.3, 0.4) is 0 Å². The zero-order valence-electron chi connectivity index (χ0n) is 10.1. The van der Waals surface area contributed by atoms with Gasteiger partial charge in [0.1, 0.15) is 11.3 Å². The van der Waals surface area contributed by atoms with Crippen molar-refractivity contribution in [3.63, 3.8) is 0 Å². The molecule has 2 aromatic carbocycles. The lowest BCUT2D eigenvalue weighted by atomic mass is 10.1. The smallest absolute Gasteiger partial charge is 0.235 e. The fourth-order valence-corrected chi connectivity index (χ4v) is 2.33. The Morgan fingerprint density at radius 1 is 1.00 bits per heavy atom. The lowest BCUT2D eigenvalue weighted by molar-refractivity contribution is 0.449. The van der Waals surface area contributed by atoms with E-state index in [9.17, 15) is 15.0 Å². The van der Waals surface area contributed by atoms with Crippen LogP contribution in [0.1, 0.15) is 0 Å². The van der Waals surface area contributed by atoms with E-state index in [2.05, 4.69) is 15.9 Å². The van der Waals surface area contributed by atoms with E-state index in [0.29, 0.717) is 16.5 Å². The summed E-state index contributed by atoms with van der Waals surface area (Å²) in [4.78, 5) is 12.2. The number of halogens is 1. The molecule has 0 unspecified atom stereocenters. The van der Waals surface area contributed by atoms with Gasteiger partial charge in [-0.3, -0.25) is 4.79 Å². The molecule has 3 aromatic rings. The number of phenolic OH excluding ortho intramolecular Hbond substituents is 1. The summed E-state index contributed by atoms with van der Waals surface area (Å²) in [5, 5.41) is 19.6. The van der Waals surface area contributed by atoms with Crippen molar-refractivity contribution in [1.82, 2.24) is 0 Å². The Labute approximate surface area is 122 Å². The summed E-state index contributed by atoms with van der Waals surface area (Å²) in [5.74, 6) is -0.258. The summed E-state index contributed by atoms with van der Waals surface area (Å²) < 4.78 is 6.33. The van der Waals surface area contributed by atoms with Gasteiger partial charge < -0.3 is 14.6 Å². The highest BCUT2D eigenvalue weighted by Gasteiger charge is 2.15. The Balaban J connectivity index is 2.32. The van der Waals surface area contributed by atoms with Crippen LogP contribution in [0.2, 0.25) is 0 Å². The van der Waals surface area contributed by atoms with Crippen LogP contribution >= 0.6 is 15.9 Å². The fraction of sp³-hybridized carbons (Fsp3) is 0. The SMILES string of the molecule is O=c1c(O)c(-c2ccc(O)cc2)oc2ccc(Br)cc12. The number of phenols is 1. The van der Waals surface area contributed by atoms with Crippen LogP contribution in [0.25, 0.3) is 22.3 Å². The monoisotopic (exact) mass is 332 g/mol. The van der Waals surface area contributed by atoms with Crippen LogP contribution in [-0.4, -0.2) is 10.2 Å². The third-order valence-corrected chi connectivity index (χ3v) is 3.45. The third kappa shape index (κ3) is 2.06. The largest absolute Gasteiger partial charge is 0.508 e. The summed E-state index contributed by atoms with van der Waals surface area (Å²) in [6, 6.07) is 11.1. The van der Waals surface area contributed by atoms with Gasteiger partial charge in [-0.1, -0.05) is 15.9 Å². The molecule has 4 nitrogen and oxygen atoms in total. The third-order valence-electron chi connectivity index (χ3n) is 2.96. The minimum atomic E-state index is -0.490. The Bertz CT molecular complexity index is 850. The predicted octanol–water partition coefficient (Wildman–Crippen LogP) is 3.63. The summed E-state index contributed by atoms with van der Waals surface area (Å²) >= 11 is 3.27. The van der Waals surface area contributed by atoms with Crippen molar-refractivity contribution in [1.29, 1.82) is 0 Å². The van der Waals surface area contributed by atoms with Gasteiger partial charge in [0.15, 0.2) is 5.76 Å². The number of fused-ring (bicyclic) bond motifs is 1. The fourth-order valence-electron chi connectivity index (χ4n) is 1.97. The average Bonchev–Trinajstić information content (AvgIpc) is 2.44. The Kier molecular flexibility index (Phi) is 2.99. The molecule has 3 rings (SSSR count). The molecule has 0 bridgehead atoms. The molecule has 0 amide bonds. The van der Waals surface area contributed by atoms with Crippen LogP contribution in [0.4, 0.5) is 0 Å². The van der Waals surface area contributed by atoms with Gasteiger partial charge in [0.2, 0.25) is 11.2 Å². The van der Waals surface area contributed by atoms with E-state index >= 15 is 0 Å². The highest BCUT2D eigenvalue weighted by molar-refractivity contribution is 9.10. The van der Waals surface area contributed by atoms with Gasteiger partial charge in [-0.15, -0.1) is 0 Å². The topological polar surface area (TPSA) is 70.7 Å². The van der Waals surface area contributed by atoms with E-state index in [1.807, 2.05) is 0 Å². The molecule has 0 atom stereocenters. The second-order valence-electron chi connectivity index (χ2n) is 4.30. The van der Waals surface area contributed by atoms with Gasteiger partial charge in [0, 0.05) is 10.0 Å². The van der Waals surface area contributed by atoms with Crippen molar-refractivity contribution in [2.24, 2.45) is 0 Å². The minimum absolute atomic E-state index is 0.0878. The quantitative estimate of drug-likeness (QED) is 0.713. The van der Waals surface area contributed by atoms with Crippen molar-refractivity contribution in [3.05, 3.63) is 57.2 Å². The highest BCUT2D eigenvalue weighted by Crippen LogP contribution is 2.31. The van der Waals surface area contributed by atoms with Crippen LogP contribution in [0, 0.1) is 0 Å². The van der Waals surface area contributed by atoms with Crippen molar-refractivity contribution in [3.8, 4) is 22.8 Å². The molecule has 0 saturated heterocycles. The van der Waals surface area contributed by atoms with Crippen molar-refractivity contribution in [2.75, 3.05) is 0 Å². The predicted molar refractivity (Wildman–Crippen MR) is 78.9 cm³/mol. The molecular weight excluding hydrogens is 324 g/mol. The van der Waals surface area contributed by atoms with Gasteiger partial charge in [-0.25, -0.2) is 0 Å². The molecule has 0 radical (unpaired) electrons. The van der Waals surface area contributed by atoms with Crippen LogP contribution in [-0.2, 0) is 0 Å². The van der Waals surface area contributed by atoms with Gasteiger partial charge in [-0.05, 0) is 42.5 Å². The van der Waals surface area contributed by atoms with Crippen LogP contribution in [0.15, 0.2) is 56.1 Å². The molecule has 20 heavy (non-hydrogen) atoms. The first kappa shape index (κ1) is 12.7. The maximum atomic E-state index is 12.2. The normalized spacial score (nSPS) is 10.8. The van der Waals surface area contributed by atoms with Crippen molar-refractivity contribution < 1.29 is 14.6 Å². The van der Waals surface area contributed by atoms with E-state index in [1.165, 1.54) is 12.1 Å². The van der Waals surface area contributed by atoms with E-state index in [1.54, 1.807) is 30.3 Å². The number of hydrogen-bond donors (Lipinski definition) is 2. The zero-order chi connectivity index (χ0) is 14.3. The van der Waals surface area contributed by atoms with E-state index in [-0.39, 0.29) is 11.5 Å². The second-order valence-corrected chi connectivity index (χ2v) is 5.21. The summed E-state index contributed by atoms with van der Waals surface area (Å²) in [7, 11) is 0. The first-order valence-corrected chi connectivity index (χ1v) is 6.60. The van der Waals surface area contributed by atoms with E-state index in [4.69, 9.17) is 4.42 Å². The molecule has 2 N–H and O–H groups in total. The molecule has 0 aliphatic carbocycles. The number of rotatable bonds is 1. The highest BCUT2D eigenvalue weighted by atomic mass is 79.9. The number of aromatic hydroxyl groups is 2. The van der Waals surface area contributed by atoms with Crippen molar-refractivity contribution in [2.45, 2.75) is 0 Å². The first-order valence-electron chi connectivity index (χ1n) is 5.81. The van der Waals surface area contributed by atoms with Crippen molar-refractivity contribution >= 4 is 26.9 Å². The van der Waals surface area contributed by atoms with Gasteiger partial charge in [0.05, 0.1) is 5.39 Å². The molecule has 0 aliphatic heterocycles. The number of hydrogen-bond acceptors (Lipinski definition) is 4. The summed E-state index contributed by atoms with van der Waals surface area (Å²) in [5.41, 5.74) is 0.414. The molecule has 0 aliphatic rings. The minimum Gasteiger partial charge on any atom is -0.508 e. The lowest BCUT2D eigenvalue weighted by Crippen LogP contribution is -2.02. The molecular formula is C15H9BrO4. The molecule has 0 fully saturated rings. The first-order chi connectivity index (χ1) is 9.56. The molecule has 0 saturated carbocycles. The summed E-state index contributed by atoms with van der Waals surface area (Å²) in [6.07, 6.45) is 0. The average molecular weight is 333 g/mol. The van der Waals surface area contributed by atoms with Crippen LogP contribution < -0.4 is 5.43 Å². The number of benzene rings is 2. The van der Waals surface area contributed by atoms with E-state index in [0.717, 1.165) is 4.47 Å². The van der Waals surface area contributed by atoms with Crippen LogP contribution in [0.5, 0.6) is 11.5 Å². The summed E-state index contributed by atoms with van der Waals surface area (Å²) in [6.45, 7) is 0. The van der Waals surface area contributed by atoms with Gasteiger partial charge >= 0.3 is 0 Å². The van der Waals surface area contributed by atoms with Gasteiger partial charge in [-0.2, -0.15) is 0 Å². The molecule has 1 heterocycles.